The van der Waals surface area contributed by atoms with Gasteiger partial charge in [0, 0.05) is 0 Å². The quantitative estimate of drug-likeness (QED) is 0.130. The van der Waals surface area contributed by atoms with E-state index in [2.05, 4.69) is 69.3 Å². The van der Waals surface area contributed by atoms with Gasteiger partial charge < -0.3 is 9.47 Å². The lowest BCUT2D eigenvalue weighted by Crippen LogP contribution is -2.15. The van der Waals surface area contributed by atoms with Crippen LogP contribution in [0.1, 0.15) is 159 Å². The van der Waals surface area contributed by atoms with Crippen molar-refractivity contribution in [1.29, 1.82) is 0 Å². The molecule has 2 aromatic carbocycles. The number of aryl methyl sites for hydroxylation is 2. The number of unbranched alkanes of at least 4 members (excludes halogenated alkanes) is 2. The van der Waals surface area contributed by atoms with Crippen molar-refractivity contribution in [3.8, 4) is 0 Å². The minimum absolute atomic E-state index is 0.0858. The van der Waals surface area contributed by atoms with Crippen LogP contribution in [-0.2, 0) is 35.5 Å². The largest absolute Gasteiger partial charge is 0.374 e. The molecule has 0 amide bonds. The molecule has 2 nitrogen and oxygen atoms in total. The van der Waals surface area contributed by atoms with Crippen LogP contribution >= 0.6 is 0 Å². The zero-order valence-corrected chi connectivity index (χ0v) is 29.6. The van der Waals surface area contributed by atoms with E-state index in [0.717, 1.165) is 23.7 Å². The molecule has 2 saturated carbocycles. The van der Waals surface area contributed by atoms with Gasteiger partial charge in [0.2, 0.25) is 0 Å². The maximum absolute atomic E-state index is 6.10. The van der Waals surface area contributed by atoms with Crippen LogP contribution in [0, 0.1) is 23.7 Å². The fourth-order valence-corrected chi connectivity index (χ4v) is 8.19. The molecule has 0 bridgehead atoms. The molecular formula is C43H68O2. The highest BCUT2D eigenvalue weighted by molar-refractivity contribution is 5.23. The first-order chi connectivity index (χ1) is 22.1. The van der Waals surface area contributed by atoms with Crippen molar-refractivity contribution in [3.05, 3.63) is 70.8 Å². The molecule has 45 heavy (non-hydrogen) atoms. The Balaban J connectivity index is 0.996. The van der Waals surface area contributed by atoms with E-state index in [1.807, 2.05) is 0 Å². The molecule has 2 aliphatic carbocycles. The lowest BCUT2D eigenvalue weighted by Gasteiger charge is -2.28. The molecule has 0 heterocycles. The van der Waals surface area contributed by atoms with Gasteiger partial charge in [-0.1, -0.05) is 165 Å². The van der Waals surface area contributed by atoms with Crippen molar-refractivity contribution in [2.45, 2.75) is 169 Å². The number of rotatable bonds is 21. The molecule has 2 aliphatic rings. The minimum Gasteiger partial charge on any atom is -0.374 e. The Bertz CT molecular complexity index is 995. The van der Waals surface area contributed by atoms with E-state index >= 15 is 0 Å². The van der Waals surface area contributed by atoms with E-state index in [9.17, 15) is 0 Å². The van der Waals surface area contributed by atoms with Gasteiger partial charge in [-0.3, -0.25) is 0 Å². The lowest BCUT2D eigenvalue weighted by molar-refractivity contribution is -0.0198. The van der Waals surface area contributed by atoms with E-state index in [1.165, 1.54) is 151 Å². The predicted octanol–water partition coefficient (Wildman–Crippen LogP) is 12.4. The SMILES string of the molecule is CCC[C@H]1CC[C@H](CCCCc2ccc(COC[C@@H](C)OCc3ccc(CCCC[C@H]4CC[C@H](CCC)CC4)cc3)cc2)CC1. The standard InChI is InChI=1S/C43H68O2/c1-4-10-36-16-20-38(21-17-36)12-6-8-14-40-24-28-42(29-25-40)33-44-32-35(3)45-34-43-30-26-41(27-31-43)15-9-7-13-39-22-18-37(11-5-2)19-23-39/h24-31,35-39H,4-23,32-34H2,1-3H3/t35-,36-,37-,38-,39-/m1/s1. The second-order valence-electron chi connectivity index (χ2n) is 15.1. The maximum Gasteiger partial charge on any atom is 0.0785 e. The number of hydrogen-bond donors (Lipinski definition) is 0. The highest BCUT2D eigenvalue weighted by Crippen LogP contribution is 2.35. The molecule has 2 heteroatoms. The Labute approximate surface area is 278 Å². The number of ether oxygens (including phenoxy) is 2. The topological polar surface area (TPSA) is 18.5 Å². The molecule has 2 aromatic rings. The van der Waals surface area contributed by atoms with Gasteiger partial charge in [-0.2, -0.15) is 0 Å². The van der Waals surface area contributed by atoms with Gasteiger partial charge in [0.15, 0.2) is 0 Å². The van der Waals surface area contributed by atoms with Gasteiger partial charge in [0.05, 0.1) is 25.9 Å². The molecule has 0 unspecified atom stereocenters. The fraction of sp³-hybridized carbons (Fsp3) is 0.721. The van der Waals surface area contributed by atoms with Gasteiger partial charge in [-0.25, -0.2) is 0 Å². The van der Waals surface area contributed by atoms with Crippen molar-refractivity contribution in [3.63, 3.8) is 0 Å². The third-order valence-electron chi connectivity index (χ3n) is 11.2. The Morgan fingerprint density at radius 1 is 0.511 bits per heavy atom. The van der Waals surface area contributed by atoms with Crippen LogP contribution in [0.4, 0.5) is 0 Å². The predicted molar refractivity (Wildman–Crippen MR) is 193 cm³/mol. The maximum atomic E-state index is 6.10. The fourth-order valence-electron chi connectivity index (χ4n) is 8.19. The highest BCUT2D eigenvalue weighted by atomic mass is 16.5. The zero-order valence-electron chi connectivity index (χ0n) is 29.6. The third-order valence-corrected chi connectivity index (χ3v) is 11.2. The first-order valence-electron chi connectivity index (χ1n) is 19.5. The number of benzene rings is 2. The van der Waals surface area contributed by atoms with Crippen molar-refractivity contribution >= 4 is 0 Å². The first kappa shape index (κ1) is 36.2. The van der Waals surface area contributed by atoms with Gasteiger partial charge in [0.1, 0.15) is 0 Å². The molecule has 0 aromatic heterocycles. The van der Waals surface area contributed by atoms with Gasteiger partial charge in [-0.15, -0.1) is 0 Å². The Morgan fingerprint density at radius 2 is 0.889 bits per heavy atom. The molecule has 2 fully saturated rings. The van der Waals surface area contributed by atoms with Crippen molar-refractivity contribution in [2.75, 3.05) is 6.61 Å². The molecule has 0 saturated heterocycles. The molecule has 0 spiro atoms. The lowest BCUT2D eigenvalue weighted by atomic mass is 9.78. The molecule has 0 aliphatic heterocycles. The van der Waals surface area contributed by atoms with Crippen molar-refractivity contribution in [2.24, 2.45) is 23.7 Å². The average Bonchev–Trinajstić information content (AvgIpc) is 3.07. The van der Waals surface area contributed by atoms with Gasteiger partial charge >= 0.3 is 0 Å². The summed E-state index contributed by atoms with van der Waals surface area (Å²) in [4.78, 5) is 0. The summed E-state index contributed by atoms with van der Waals surface area (Å²) in [5.74, 6) is 4.06. The summed E-state index contributed by atoms with van der Waals surface area (Å²) in [6.07, 6.45) is 28.3. The summed E-state index contributed by atoms with van der Waals surface area (Å²) in [6, 6.07) is 18.2. The smallest absolute Gasteiger partial charge is 0.0785 e. The Hall–Kier alpha value is -1.64. The first-order valence-corrected chi connectivity index (χ1v) is 19.5. The zero-order chi connectivity index (χ0) is 31.5. The van der Waals surface area contributed by atoms with Crippen LogP contribution in [0.2, 0.25) is 0 Å². The average molecular weight is 617 g/mol. The second kappa shape index (κ2) is 21.3. The second-order valence-corrected chi connectivity index (χ2v) is 15.1. The van der Waals surface area contributed by atoms with Crippen LogP contribution in [0.25, 0.3) is 0 Å². The van der Waals surface area contributed by atoms with E-state index in [1.54, 1.807) is 0 Å². The third kappa shape index (κ3) is 14.3. The molecule has 0 radical (unpaired) electrons. The minimum atomic E-state index is 0.0858. The monoisotopic (exact) mass is 617 g/mol. The van der Waals surface area contributed by atoms with Crippen LogP contribution in [0.3, 0.4) is 0 Å². The molecular weight excluding hydrogens is 548 g/mol. The van der Waals surface area contributed by atoms with Crippen LogP contribution in [0.15, 0.2) is 48.5 Å². The Kier molecular flexibility index (Phi) is 17.1. The van der Waals surface area contributed by atoms with Crippen LogP contribution in [0.5, 0.6) is 0 Å². The van der Waals surface area contributed by atoms with Crippen molar-refractivity contribution in [1.82, 2.24) is 0 Å². The van der Waals surface area contributed by atoms with E-state index in [0.29, 0.717) is 19.8 Å². The summed E-state index contributed by atoms with van der Waals surface area (Å²) in [6.45, 7) is 8.72. The van der Waals surface area contributed by atoms with Crippen LogP contribution in [-0.4, -0.2) is 12.7 Å². The van der Waals surface area contributed by atoms with Gasteiger partial charge in [-0.05, 0) is 78.5 Å². The van der Waals surface area contributed by atoms with Gasteiger partial charge in [0.25, 0.3) is 0 Å². The summed E-state index contributed by atoms with van der Waals surface area (Å²) >= 11 is 0. The number of hydrogen-bond acceptors (Lipinski definition) is 2. The molecule has 252 valence electrons. The molecule has 1 atom stereocenters. The van der Waals surface area contributed by atoms with Crippen molar-refractivity contribution < 1.29 is 9.47 Å². The molecule has 4 rings (SSSR count). The van der Waals surface area contributed by atoms with E-state index in [4.69, 9.17) is 9.47 Å². The summed E-state index contributed by atoms with van der Waals surface area (Å²) in [5.41, 5.74) is 5.44. The summed E-state index contributed by atoms with van der Waals surface area (Å²) < 4.78 is 12.1. The Morgan fingerprint density at radius 3 is 1.31 bits per heavy atom. The summed E-state index contributed by atoms with van der Waals surface area (Å²) in [7, 11) is 0. The van der Waals surface area contributed by atoms with E-state index in [-0.39, 0.29) is 6.10 Å². The molecule has 0 N–H and O–H groups in total. The highest BCUT2D eigenvalue weighted by Gasteiger charge is 2.21. The normalized spacial score (nSPS) is 22.8. The summed E-state index contributed by atoms with van der Waals surface area (Å²) in [5, 5.41) is 0. The van der Waals surface area contributed by atoms with E-state index < -0.39 is 0 Å². The van der Waals surface area contributed by atoms with Crippen LogP contribution < -0.4 is 0 Å².